The van der Waals surface area contributed by atoms with E-state index in [2.05, 4.69) is 4.98 Å². The van der Waals surface area contributed by atoms with Crippen molar-refractivity contribution in [3.63, 3.8) is 0 Å². The minimum absolute atomic E-state index is 0.0857. The molecule has 0 saturated carbocycles. The van der Waals surface area contributed by atoms with Crippen LogP contribution in [0, 0.1) is 6.92 Å². The molecule has 16 heavy (non-hydrogen) atoms. The predicted octanol–water partition coefficient (Wildman–Crippen LogP) is 1.57. The second-order valence-corrected chi connectivity index (χ2v) is 3.29. The Morgan fingerprint density at radius 3 is 2.56 bits per heavy atom. The number of hydrogen-bond acceptors (Lipinski definition) is 3. The molecule has 82 valence electrons. The maximum absolute atomic E-state index is 10.9. The van der Waals surface area contributed by atoms with Gasteiger partial charge in [-0.25, -0.2) is 19.1 Å². The number of aryl methyl sites for hydroxylation is 1. The fourth-order valence-electron chi connectivity index (χ4n) is 1.58. The van der Waals surface area contributed by atoms with Crippen molar-refractivity contribution in [1.82, 2.24) is 9.55 Å². The molecule has 0 amide bonds. The lowest BCUT2D eigenvalue weighted by Gasteiger charge is -1.98. The number of carboxylic acid groups (broad SMARTS) is 2. The van der Waals surface area contributed by atoms with Crippen LogP contribution in [0.25, 0.3) is 11.0 Å². The topological polar surface area (TPSA) is 92.4 Å². The van der Waals surface area contributed by atoms with Crippen LogP contribution in [-0.2, 0) is 0 Å². The Balaban J connectivity index is 2.75. The van der Waals surface area contributed by atoms with Gasteiger partial charge in [0.2, 0.25) is 0 Å². The summed E-state index contributed by atoms with van der Waals surface area (Å²) < 4.78 is 1.01. The van der Waals surface area contributed by atoms with E-state index in [1.165, 1.54) is 18.2 Å². The van der Waals surface area contributed by atoms with E-state index in [1.807, 2.05) is 0 Å². The first kappa shape index (κ1) is 10.2. The van der Waals surface area contributed by atoms with Crippen molar-refractivity contribution < 1.29 is 19.8 Å². The van der Waals surface area contributed by atoms with E-state index in [4.69, 9.17) is 10.2 Å². The molecule has 0 aliphatic rings. The Morgan fingerprint density at radius 2 is 2.00 bits per heavy atom. The number of carbonyl (C=O) groups is 2. The fraction of sp³-hybridized carbons (Fsp3) is 0.100. The van der Waals surface area contributed by atoms with E-state index < -0.39 is 12.1 Å². The zero-order valence-electron chi connectivity index (χ0n) is 8.34. The van der Waals surface area contributed by atoms with Crippen LogP contribution in [0.3, 0.4) is 0 Å². The highest BCUT2D eigenvalue weighted by molar-refractivity contribution is 5.94. The maximum atomic E-state index is 10.9. The lowest BCUT2D eigenvalue weighted by molar-refractivity contribution is 0.0697. The van der Waals surface area contributed by atoms with Crippen molar-refractivity contribution in [3.8, 4) is 0 Å². The SMILES string of the molecule is Cc1nc2cc(C(=O)O)ccc2n1C(=O)O. The number of nitrogens with zero attached hydrogens (tertiary/aromatic N) is 2. The second-order valence-electron chi connectivity index (χ2n) is 3.29. The summed E-state index contributed by atoms with van der Waals surface area (Å²) in [5.41, 5.74) is 0.831. The maximum Gasteiger partial charge on any atom is 0.417 e. The molecule has 2 N–H and O–H groups in total. The Hall–Kier alpha value is -2.37. The van der Waals surface area contributed by atoms with Gasteiger partial charge < -0.3 is 10.2 Å². The Morgan fingerprint density at radius 1 is 1.31 bits per heavy atom. The molecule has 0 aliphatic heterocycles. The van der Waals surface area contributed by atoms with Crippen LogP contribution in [-0.4, -0.2) is 31.8 Å². The van der Waals surface area contributed by atoms with Gasteiger partial charge in [-0.2, -0.15) is 0 Å². The molecular weight excluding hydrogens is 212 g/mol. The van der Waals surface area contributed by atoms with Crippen molar-refractivity contribution in [1.29, 1.82) is 0 Å². The van der Waals surface area contributed by atoms with Gasteiger partial charge in [0.25, 0.3) is 0 Å². The van der Waals surface area contributed by atoms with Gasteiger partial charge in [0.15, 0.2) is 0 Å². The van der Waals surface area contributed by atoms with Gasteiger partial charge in [-0.1, -0.05) is 0 Å². The minimum Gasteiger partial charge on any atom is -0.478 e. The molecule has 0 bridgehead atoms. The molecule has 2 aromatic rings. The first-order valence-electron chi connectivity index (χ1n) is 4.46. The van der Waals surface area contributed by atoms with Gasteiger partial charge in [-0.3, -0.25) is 0 Å². The standard InChI is InChI=1S/C10H8N2O4/c1-5-11-7-4-6(9(13)14)2-3-8(7)12(5)10(15)16/h2-4H,1H3,(H,13,14)(H,15,16). The number of carboxylic acids is 1. The van der Waals surface area contributed by atoms with Gasteiger partial charge in [0, 0.05) is 0 Å². The van der Waals surface area contributed by atoms with Crippen molar-refractivity contribution >= 4 is 23.1 Å². The molecule has 6 nitrogen and oxygen atoms in total. The first-order valence-corrected chi connectivity index (χ1v) is 4.46. The molecule has 6 heteroatoms. The van der Waals surface area contributed by atoms with E-state index in [0.29, 0.717) is 16.9 Å². The van der Waals surface area contributed by atoms with Gasteiger partial charge in [0.1, 0.15) is 5.82 Å². The summed E-state index contributed by atoms with van der Waals surface area (Å²) in [5, 5.41) is 17.7. The molecule has 0 radical (unpaired) electrons. The summed E-state index contributed by atoms with van der Waals surface area (Å²) in [7, 11) is 0. The molecule has 0 atom stereocenters. The van der Waals surface area contributed by atoms with Crippen molar-refractivity contribution in [2.45, 2.75) is 6.92 Å². The number of imidazole rings is 1. The Labute approximate surface area is 89.8 Å². The smallest absolute Gasteiger partial charge is 0.417 e. The number of rotatable bonds is 1. The molecule has 0 aliphatic carbocycles. The first-order chi connectivity index (χ1) is 7.50. The molecule has 1 aromatic heterocycles. The number of aromatic carboxylic acids is 1. The van der Waals surface area contributed by atoms with Gasteiger partial charge >= 0.3 is 12.1 Å². The molecule has 2 rings (SSSR count). The molecule has 1 heterocycles. The zero-order chi connectivity index (χ0) is 11.9. The van der Waals surface area contributed by atoms with Crippen LogP contribution in [0.4, 0.5) is 4.79 Å². The average molecular weight is 220 g/mol. The summed E-state index contributed by atoms with van der Waals surface area (Å²) in [4.78, 5) is 25.6. The van der Waals surface area contributed by atoms with E-state index in [1.54, 1.807) is 6.92 Å². The summed E-state index contributed by atoms with van der Waals surface area (Å²) >= 11 is 0. The fourth-order valence-corrected chi connectivity index (χ4v) is 1.58. The van der Waals surface area contributed by atoms with Crippen LogP contribution in [0.15, 0.2) is 18.2 Å². The third kappa shape index (κ3) is 1.40. The average Bonchev–Trinajstić information content (AvgIpc) is 2.51. The summed E-state index contributed by atoms with van der Waals surface area (Å²) in [6, 6.07) is 4.14. The molecule has 0 saturated heterocycles. The Bertz CT molecular complexity index is 600. The highest BCUT2D eigenvalue weighted by Crippen LogP contribution is 2.17. The van der Waals surface area contributed by atoms with Gasteiger partial charge in [-0.05, 0) is 25.1 Å². The Kier molecular flexibility index (Phi) is 2.12. The quantitative estimate of drug-likeness (QED) is 0.760. The van der Waals surface area contributed by atoms with Crippen LogP contribution >= 0.6 is 0 Å². The van der Waals surface area contributed by atoms with Crippen molar-refractivity contribution in [2.75, 3.05) is 0 Å². The molecular formula is C10H8N2O4. The van der Waals surface area contributed by atoms with Crippen LogP contribution in [0.5, 0.6) is 0 Å². The third-order valence-corrected chi connectivity index (χ3v) is 2.26. The molecule has 0 spiro atoms. The number of hydrogen-bond donors (Lipinski definition) is 2. The summed E-state index contributed by atoms with van der Waals surface area (Å²) in [6.07, 6.45) is -1.14. The highest BCUT2D eigenvalue weighted by atomic mass is 16.4. The second kappa shape index (κ2) is 3.34. The van der Waals surface area contributed by atoms with E-state index >= 15 is 0 Å². The summed E-state index contributed by atoms with van der Waals surface area (Å²) in [5.74, 6) is -0.755. The summed E-state index contributed by atoms with van der Waals surface area (Å²) in [6.45, 7) is 1.55. The zero-order valence-corrected chi connectivity index (χ0v) is 8.34. The van der Waals surface area contributed by atoms with E-state index in [0.717, 1.165) is 4.57 Å². The monoisotopic (exact) mass is 220 g/mol. The molecule has 1 aromatic carbocycles. The van der Waals surface area contributed by atoms with E-state index in [-0.39, 0.29) is 5.56 Å². The normalized spacial score (nSPS) is 10.6. The van der Waals surface area contributed by atoms with E-state index in [9.17, 15) is 9.59 Å². The van der Waals surface area contributed by atoms with Gasteiger partial charge in [-0.15, -0.1) is 0 Å². The van der Waals surface area contributed by atoms with Gasteiger partial charge in [0.05, 0.1) is 16.6 Å². The lowest BCUT2D eigenvalue weighted by Crippen LogP contribution is -2.09. The largest absolute Gasteiger partial charge is 0.478 e. The van der Waals surface area contributed by atoms with Crippen LogP contribution < -0.4 is 0 Å². The number of aromatic nitrogens is 2. The predicted molar refractivity (Wildman–Crippen MR) is 54.9 cm³/mol. The minimum atomic E-state index is -1.14. The van der Waals surface area contributed by atoms with Crippen LogP contribution in [0.2, 0.25) is 0 Å². The van der Waals surface area contributed by atoms with Crippen LogP contribution in [0.1, 0.15) is 16.2 Å². The lowest BCUT2D eigenvalue weighted by atomic mass is 10.2. The third-order valence-electron chi connectivity index (χ3n) is 2.26. The number of fused-ring (bicyclic) bond motifs is 1. The number of benzene rings is 1. The highest BCUT2D eigenvalue weighted by Gasteiger charge is 2.14. The van der Waals surface area contributed by atoms with Crippen molar-refractivity contribution in [3.05, 3.63) is 29.6 Å². The molecule has 0 unspecified atom stereocenters. The molecule has 0 fully saturated rings. The van der Waals surface area contributed by atoms with Crippen molar-refractivity contribution in [2.24, 2.45) is 0 Å².